The number of aromatic nitrogens is 3. The van der Waals surface area contributed by atoms with Crippen LogP contribution < -0.4 is 11.3 Å². The number of hydrogen-bond acceptors (Lipinski definition) is 4. The maximum atomic E-state index is 13.5. The van der Waals surface area contributed by atoms with Crippen LogP contribution in [-0.2, 0) is 6.42 Å². The number of benzene rings is 1. The van der Waals surface area contributed by atoms with E-state index in [-0.39, 0.29) is 17.9 Å². The monoisotopic (exact) mass is 341 g/mol. The predicted octanol–water partition coefficient (Wildman–Crippen LogP) is 2.51. The Balaban J connectivity index is 2.26. The molecule has 0 aliphatic heterocycles. The summed E-state index contributed by atoms with van der Waals surface area (Å²) in [4.78, 5) is 4.25. The minimum atomic E-state index is -0.306. The van der Waals surface area contributed by atoms with Crippen LogP contribution in [0.1, 0.15) is 37.3 Å². The summed E-state index contributed by atoms with van der Waals surface area (Å²) in [5.74, 6) is 6.11. The smallest absolute Gasteiger partial charge is 0.138 e. The van der Waals surface area contributed by atoms with Crippen LogP contribution in [0.4, 0.5) is 4.39 Å². The molecule has 0 radical (unpaired) electrons. The summed E-state index contributed by atoms with van der Waals surface area (Å²) >= 11 is 3.28. The number of hydrazine groups is 1. The third kappa shape index (κ3) is 3.41. The van der Waals surface area contributed by atoms with Gasteiger partial charge < -0.3 is 0 Å². The Morgan fingerprint density at radius 2 is 2.15 bits per heavy atom. The van der Waals surface area contributed by atoms with E-state index in [0.717, 1.165) is 11.4 Å². The fraction of sp³-hybridized carbons (Fsp3) is 0.385. The highest BCUT2D eigenvalue weighted by molar-refractivity contribution is 9.10. The SMILES string of the molecule is CC(C)n1ncnc1CC(NN)c1cc(F)cc(Br)c1. The molecular formula is C13H17BrFN5. The zero-order chi connectivity index (χ0) is 14.7. The van der Waals surface area contributed by atoms with Gasteiger partial charge in [-0.1, -0.05) is 15.9 Å². The summed E-state index contributed by atoms with van der Waals surface area (Å²) in [7, 11) is 0. The molecule has 0 spiro atoms. The highest BCUT2D eigenvalue weighted by atomic mass is 79.9. The molecule has 1 aromatic carbocycles. The molecule has 0 aliphatic rings. The number of hydrogen-bond donors (Lipinski definition) is 2. The van der Waals surface area contributed by atoms with Crippen LogP contribution in [0.25, 0.3) is 0 Å². The van der Waals surface area contributed by atoms with E-state index < -0.39 is 0 Å². The first kappa shape index (κ1) is 15.1. The molecule has 2 rings (SSSR count). The van der Waals surface area contributed by atoms with Gasteiger partial charge in [-0.2, -0.15) is 5.10 Å². The van der Waals surface area contributed by atoms with Gasteiger partial charge >= 0.3 is 0 Å². The third-order valence-corrected chi connectivity index (χ3v) is 3.47. The van der Waals surface area contributed by atoms with E-state index in [1.54, 1.807) is 0 Å². The lowest BCUT2D eigenvalue weighted by atomic mass is 10.0. The van der Waals surface area contributed by atoms with Crippen molar-refractivity contribution in [3.63, 3.8) is 0 Å². The van der Waals surface area contributed by atoms with E-state index in [0.29, 0.717) is 10.9 Å². The largest absolute Gasteiger partial charge is 0.271 e. The van der Waals surface area contributed by atoms with Crippen molar-refractivity contribution in [1.82, 2.24) is 20.2 Å². The second-order valence-corrected chi connectivity index (χ2v) is 5.76. The normalized spacial score (nSPS) is 12.9. The van der Waals surface area contributed by atoms with Crippen LogP contribution >= 0.6 is 15.9 Å². The quantitative estimate of drug-likeness (QED) is 0.647. The number of rotatable bonds is 5. The molecular weight excluding hydrogens is 325 g/mol. The molecule has 1 aromatic heterocycles. The molecule has 0 aliphatic carbocycles. The molecule has 3 N–H and O–H groups in total. The average molecular weight is 342 g/mol. The summed E-state index contributed by atoms with van der Waals surface area (Å²) in [5.41, 5.74) is 3.47. The Bertz CT molecular complexity index is 564. The molecule has 20 heavy (non-hydrogen) atoms. The van der Waals surface area contributed by atoms with Crippen molar-refractivity contribution in [2.24, 2.45) is 5.84 Å². The minimum Gasteiger partial charge on any atom is -0.271 e. The summed E-state index contributed by atoms with van der Waals surface area (Å²) in [5, 5.41) is 4.19. The highest BCUT2D eigenvalue weighted by Crippen LogP contribution is 2.23. The Labute approximate surface area is 125 Å². The van der Waals surface area contributed by atoms with Crippen molar-refractivity contribution in [2.45, 2.75) is 32.4 Å². The van der Waals surface area contributed by atoms with Gasteiger partial charge in [0.25, 0.3) is 0 Å². The zero-order valence-electron chi connectivity index (χ0n) is 11.3. The molecule has 0 saturated heterocycles. The standard InChI is InChI=1S/C13H17BrFN5/c1-8(2)20-13(17-7-18-20)6-12(19-16)9-3-10(14)5-11(15)4-9/h3-5,7-8,12,19H,6,16H2,1-2H3. The van der Waals surface area contributed by atoms with E-state index in [2.05, 4.69) is 31.4 Å². The number of nitrogens with zero attached hydrogens (tertiary/aromatic N) is 3. The van der Waals surface area contributed by atoms with Gasteiger partial charge in [0.05, 0.1) is 6.04 Å². The highest BCUT2D eigenvalue weighted by Gasteiger charge is 2.17. The lowest BCUT2D eigenvalue weighted by molar-refractivity contribution is 0.467. The van der Waals surface area contributed by atoms with E-state index in [1.165, 1.54) is 18.5 Å². The fourth-order valence-electron chi connectivity index (χ4n) is 2.08. The van der Waals surface area contributed by atoms with Crippen molar-refractivity contribution in [3.05, 3.63) is 46.2 Å². The molecule has 108 valence electrons. The summed E-state index contributed by atoms with van der Waals surface area (Å²) in [6.45, 7) is 4.06. The Morgan fingerprint density at radius 1 is 1.40 bits per heavy atom. The van der Waals surface area contributed by atoms with Crippen molar-refractivity contribution >= 4 is 15.9 Å². The lowest BCUT2D eigenvalue weighted by Crippen LogP contribution is -2.30. The van der Waals surface area contributed by atoms with Gasteiger partial charge in [0.15, 0.2) is 0 Å². The maximum absolute atomic E-state index is 13.5. The van der Waals surface area contributed by atoms with Gasteiger partial charge in [-0.3, -0.25) is 11.3 Å². The molecule has 0 amide bonds. The van der Waals surface area contributed by atoms with Crippen molar-refractivity contribution in [3.8, 4) is 0 Å². The molecule has 0 fully saturated rings. The summed E-state index contributed by atoms with van der Waals surface area (Å²) in [6, 6.07) is 4.69. The Morgan fingerprint density at radius 3 is 2.75 bits per heavy atom. The van der Waals surface area contributed by atoms with Crippen LogP contribution in [0, 0.1) is 5.82 Å². The average Bonchev–Trinajstić information content (AvgIpc) is 2.82. The molecule has 2 aromatic rings. The fourth-order valence-corrected chi connectivity index (χ4v) is 2.57. The van der Waals surface area contributed by atoms with Crippen LogP contribution in [0.15, 0.2) is 29.0 Å². The van der Waals surface area contributed by atoms with E-state index in [1.807, 2.05) is 24.6 Å². The van der Waals surface area contributed by atoms with Gasteiger partial charge in [0.1, 0.15) is 18.0 Å². The van der Waals surface area contributed by atoms with Crippen LogP contribution in [0.2, 0.25) is 0 Å². The Hall–Kier alpha value is -1.31. The van der Waals surface area contributed by atoms with Crippen molar-refractivity contribution in [2.75, 3.05) is 0 Å². The summed E-state index contributed by atoms with van der Waals surface area (Å²) in [6.07, 6.45) is 2.05. The van der Waals surface area contributed by atoms with Gasteiger partial charge in [-0.15, -0.1) is 0 Å². The third-order valence-electron chi connectivity index (χ3n) is 3.01. The second-order valence-electron chi connectivity index (χ2n) is 4.84. The van der Waals surface area contributed by atoms with E-state index in [4.69, 9.17) is 5.84 Å². The first-order valence-corrected chi connectivity index (χ1v) is 7.11. The number of halogens is 2. The van der Waals surface area contributed by atoms with Crippen molar-refractivity contribution in [1.29, 1.82) is 0 Å². The summed E-state index contributed by atoms with van der Waals surface area (Å²) < 4.78 is 16.0. The Kier molecular flexibility index (Phi) is 4.85. The van der Waals surface area contributed by atoms with Crippen LogP contribution in [-0.4, -0.2) is 14.8 Å². The molecule has 1 heterocycles. The van der Waals surface area contributed by atoms with E-state index >= 15 is 0 Å². The van der Waals surface area contributed by atoms with Gasteiger partial charge in [0.2, 0.25) is 0 Å². The molecule has 5 nitrogen and oxygen atoms in total. The van der Waals surface area contributed by atoms with Crippen LogP contribution in [0.5, 0.6) is 0 Å². The minimum absolute atomic E-state index is 0.213. The first-order valence-electron chi connectivity index (χ1n) is 6.31. The maximum Gasteiger partial charge on any atom is 0.138 e. The number of nitrogens with two attached hydrogens (primary N) is 1. The molecule has 1 atom stereocenters. The predicted molar refractivity (Wildman–Crippen MR) is 78.3 cm³/mol. The topological polar surface area (TPSA) is 68.8 Å². The molecule has 0 bridgehead atoms. The zero-order valence-corrected chi connectivity index (χ0v) is 12.9. The van der Waals surface area contributed by atoms with Crippen molar-refractivity contribution < 1.29 is 4.39 Å². The molecule has 0 saturated carbocycles. The van der Waals surface area contributed by atoms with Gasteiger partial charge in [-0.25, -0.2) is 14.1 Å². The van der Waals surface area contributed by atoms with Gasteiger partial charge in [-0.05, 0) is 37.6 Å². The first-order chi connectivity index (χ1) is 9.51. The second kappa shape index (κ2) is 6.43. The van der Waals surface area contributed by atoms with Gasteiger partial charge in [0, 0.05) is 16.9 Å². The lowest BCUT2D eigenvalue weighted by Gasteiger charge is -2.18. The molecule has 1 unspecified atom stereocenters. The van der Waals surface area contributed by atoms with Crippen LogP contribution in [0.3, 0.4) is 0 Å². The number of nitrogens with one attached hydrogen (secondary N) is 1. The molecule has 7 heteroatoms. The van der Waals surface area contributed by atoms with E-state index in [9.17, 15) is 4.39 Å².